The summed E-state index contributed by atoms with van der Waals surface area (Å²) >= 11 is 0. The molecule has 1 aromatic heterocycles. The first-order valence-electron chi connectivity index (χ1n) is 23.1. The summed E-state index contributed by atoms with van der Waals surface area (Å²) in [7, 11) is 0. The zero-order chi connectivity index (χ0) is 49.4. The molecule has 2 aliphatic rings. The van der Waals surface area contributed by atoms with Crippen LogP contribution in [0.25, 0.3) is 10.9 Å². The first-order valence-corrected chi connectivity index (χ1v) is 23.1. The summed E-state index contributed by atoms with van der Waals surface area (Å²) in [6, 6.07) is 32.9. The van der Waals surface area contributed by atoms with E-state index in [1.54, 1.807) is 48.5 Å². The molecule has 0 spiro atoms. The van der Waals surface area contributed by atoms with Gasteiger partial charge in [0.25, 0.3) is 11.8 Å². The lowest BCUT2D eigenvalue weighted by atomic mass is 9.86. The minimum atomic E-state index is -4.80. The van der Waals surface area contributed by atoms with Crippen molar-refractivity contribution >= 4 is 28.7 Å². The van der Waals surface area contributed by atoms with Gasteiger partial charge in [-0.2, -0.15) is 13.2 Å². The van der Waals surface area contributed by atoms with Crippen molar-refractivity contribution in [1.29, 1.82) is 0 Å². The lowest BCUT2D eigenvalue weighted by Gasteiger charge is -2.36. The number of aromatic amines is 1. The van der Waals surface area contributed by atoms with Crippen LogP contribution < -0.4 is 26.2 Å². The highest BCUT2D eigenvalue weighted by atomic mass is 19.4. The number of aromatic nitrogens is 1. The number of nitrogens with zero attached hydrogens (tertiary/aromatic N) is 1. The first kappa shape index (κ1) is 49.4. The van der Waals surface area contributed by atoms with Crippen LogP contribution in [0.15, 0.2) is 132 Å². The Kier molecular flexibility index (Phi) is 15.3. The smallest absolute Gasteiger partial charge is 0.416 e. The quantitative estimate of drug-likeness (QED) is 0.0482. The fourth-order valence-corrected chi connectivity index (χ4v) is 9.02. The molecule has 6 aromatic rings. The van der Waals surface area contributed by atoms with Gasteiger partial charge in [-0.1, -0.05) is 84.9 Å². The van der Waals surface area contributed by atoms with Gasteiger partial charge < -0.3 is 45.7 Å². The zero-order valence-electron chi connectivity index (χ0n) is 38.1. The molecule has 7 N–H and O–H groups in total. The van der Waals surface area contributed by atoms with E-state index >= 15 is 0 Å². The van der Waals surface area contributed by atoms with Crippen molar-refractivity contribution in [3.8, 4) is 11.5 Å². The molecule has 5 aromatic carbocycles. The van der Waals surface area contributed by atoms with E-state index < -0.39 is 59.4 Å². The minimum absolute atomic E-state index is 0.123. The number of alkyl halides is 3. The molecule has 14 nitrogen and oxygen atoms in total. The van der Waals surface area contributed by atoms with E-state index in [0.717, 1.165) is 38.5 Å². The van der Waals surface area contributed by atoms with Crippen LogP contribution in [-0.4, -0.2) is 87.9 Å². The van der Waals surface area contributed by atoms with Gasteiger partial charge in [0, 0.05) is 54.3 Å². The van der Waals surface area contributed by atoms with Gasteiger partial charge in [0.2, 0.25) is 11.2 Å². The molecule has 1 aliphatic carbocycles. The molecule has 366 valence electrons. The molecule has 1 aliphatic heterocycles. The van der Waals surface area contributed by atoms with Crippen LogP contribution >= 0.6 is 0 Å². The SMILES string of the molecule is O=C(COc1cccc(C(O)(C(=O)OCC2CCN(Cc3ccccc3)CC2)c2ccccc2)c1)NC1CC(NC(=O)c2ccc(CNC[C@H](O)c3ccc(O)c4[nH]c(=O)ccc34)c(C(F)(F)F)c2)C1. The predicted octanol–water partition coefficient (Wildman–Crippen LogP) is 6.22. The van der Waals surface area contributed by atoms with Crippen LogP contribution in [0, 0.1) is 5.92 Å². The highest BCUT2D eigenvalue weighted by Crippen LogP contribution is 2.36. The average Bonchev–Trinajstić information content (AvgIpc) is 3.35. The Labute approximate surface area is 401 Å². The number of H-pyrrole nitrogens is 1. The predicted molar refractivity (Wildman–Crippen MR) is 254 cm³/mol. The Bertz CT molecular complexity index is 2850. The number of phenols is 1. The third-order valence-corrected chi connectivity index (χ3v) is 12.9. The van der Waals surface area contributed by atoms with Crippen molar-refractivity contribution in [1.82, 2.24) is 25.8 Å². The normalized spacial score (nSPS) is 17.7. The number of hydrogen-bond acceptors (Lipinski definition) is 11. The van der Waals surface area contributed by atoms with Crippen LogP contribution in [0.2, 0.25) is 0 Å². The molecule has 0 radical (unpaired) electrons. The number of pyridine rings is 1. The number of fused-ring (bicyclic) bond motifs is 1. The largest absolute Gasteiger partial charge is 0.506 e. The van der Waals surface area contributed by atoms with E-state index in [2.05, 4.69) is 38.0 Å². The number of halogens is 3. The Morgan fingerprint density at radius 3 is 2.24 bits per heavy atom. The number of aromatic hydroxyl groups is 1. The van der Waals surface area contributed by atoms with E-state index in [9.17, 15) is 47.7 Å². The molecule has 0 bridgehead atoms. The number of phenolic OH excluding ortho intramolecular Hbond substituents is 1. The van der Waals surface area contributed by atoms with E-state index in [1.807, 2.05) is 18.2 Å². The van der Waals surface area contributed by atoms with Crippen molar-refractivity contribution in [3.63, 3.8) is 0 Å². The van der Waals surface area contributed by atoms with Gasteiger partial charge in [-0.05, 0) is 103 Å². The summed E-state index contributed by atoms with van der Waals surface area (Å²) in [4.78, 5) is 56.5. The maximum absolute atomic E-state index is 14.2. The maximum atomic E-state index is 14.2. The van der Waals surface area contributed by atoms with E-state index in [-0.39, 0.29) is 65.4 Å². The second-order valence-corrected chi connectivity index (χ2v) is 17.9. The van der Waals surface area contributed by atoms with Gasteiger partial charge in [-0.15, -0.1) is 0 Å². The number of nitrogens with one attached hydrogen (secondary N) is 4. The second kappa shape index (κ2) is 21.7. The van der Waals surface area contributed by atoms with E-state index in [1.165, 1.54) is 48.0 Å². The van der Waals surface area contributed by atoms with Gasteiger partial charge in [0.05, 0.1) is 23.8 Å². The van der Waals surface area contributed by atoms with Crippen molar-refractivity contribution in [2.24, 2.45) is 5.92 Å². The van der Waals surface area contributed by atoms with Gasteiger partial charge in [0.1, 0.15) is 11.5 Å². The van der Waals surface area contributed by atoms with Gasteiger partial charge in [-0.25, -0.2) is 4.79 Å². The van der Waals surface area contributed by atoms with E-state index in [4.69, 9.17) is 9.47 Å². The number of aliphatic hydroxyl groups is 2. The standard InChI is InChI=1S/C53H54F3N5O9/c54-53(55,56)44-24-35(14-15-36(44)28-57-29-46(63)42-16-18-45(62)49-43(42)17-19-47(64)60-49)50(66)59-40-26-39(27-40)58-48(65)32-69-41-13-7-12-38(25-41)52(68,37-10-5-2-6-11-37)51(67)70-31-34-20-22-61(23-21-34)30-33-8-3-1-4-9-33/h1-19,24-25,34,39-40,46,57,62-63,68H,20-23,26-32H2,(H,58,65)(H,59,66)(H,60,64)/t39?,40?,46-,52?/m0/s1. The summed E-state index contributed by atoms with van der Waals surface area (Å²) in [5.74, 6) is -1.84. The number of hydrogen-bond donors (Lipinski definition) is 7. The van der Waals surface area contributed by atoms with Crippen LogP contribution in [-0.2, 0) is 39.2 Å². The molecule has 1 saturated carbocycles. The van der Waals surface area contributed by atoms with Crippen LogP contribution in [0.4, 0.5) is 13.2 Å². The summed E-state index contributed by atoms with van der Waals surface area (Å²) in [6.07, 6.45) is -3.65. The molecule has 1 saturated heterocycles. The monoisotopic (exact) mass is 961 g/mol. The molecule has 2 heterocycles. The number of esters is 1. The number of carbonyl (C=O) groups is 3. The fourth-order valence-electron chi connectivity index (χ4n) is 9.02. The van der Waals surface area contributed by atoms with Crippen molar-refractivity contribution < 1.29 is 52.3 Å². The van der Waals surface area contributed by atoms with Crippen molar-refractivity contribution in [2.75, 3.05) is 32.8 Å². The highest BCUT2D eigenvalue weighted by Gasteiger charge is 2.43. The number of amides is 2. The number of rotatable bonds is 18. The summed E-state index contributed by atoms with van der Waals surface area (Å²) in [6.45, 7) is 1.89. The Morgan fingerprint density at radius 2 is 1.51 bits per heavy atom. The van der Waals surface area contributed by atoms with Crippen molar-refractivity contribution in [3.05, 3.63) is 177 Å². The third kappa shape index (κ3) is 11.9. The number of likely N-dealkylation sites (tertiary alicyclic amines) is 1. The molecular formula is C53H54F3N5O9. The lowest BCUT2D eigenvalue weighted by molar-refractivity contribution is -0.164. The minimum Gasteiger partial charge on any atom is -0.506 e. The van der Waals surface area contributed by atoms with Gasteiger partial charge in [0.15, 0.2) is 6.61 Å². The van der Waals surface area contributed by atoms with Crippen LogP contribution in [0.3, 0.4) is 0 Å². The molecule has 17 heteroatoms. The third-order valence-electron chi connectivity index (χ3n) is 12.9. The number of benzene rings is 5. The molecular weight excluding hydrogens is 908 g/mol. The van der Waals surface area contributed by atoms with Crippen molar-refractivity contribution in [2.45, 2.75) is 68.7 Å². The zero-order valence-corrected chi connectivity index (χ0v) is 38.1. The number of piperidine rings is 1. The molecule has 2 fully saturated rings. The number of ether oxygens (including phenoxy) is 2. The summed E-state index contributed by atoms with van der Waals surface area (Å²) < 4.78 is 54.4. The van der Waals surface area contributed by atoms with Gasteiger partial charge in [-0.3, -0.25) is 19.3 Å². The van der Waals surface area contributed by atoms with Gasteiger partial charge >= 0.3 is 12.1 Å². The molecule has 8 rings (SSSR count). The summed E-state index contributed by atoms with van der Waals surface area (Å²) in [5, 5.41) is 41.9. The molecule has 1 unspecified atom stereocenters. The fraction of sp³-hybridized carbons (Fsp3) is 0.321. The first-order chi connectivity index (χ1) is 33.6. The Morgan fingerprint density at radius 1 is 0.814 bits per heavy atom. The lowest BCUT2D eigenvalue weighted by Crippen LogP contribution is -2.54. The van der Waals surface area contributed by atoms with E-state index in [0.29, 0.717) is 29.4 Å². The average molecular weight is 962 g/mol. The molecule has 70 heavy (non-hydrogen) atoms. The van der Waals surface area contributed by atoms with Crippen LogP contribution in [0.1, 0.15) is 75.5 Å². The number of carbonyl (C=O) groups excluding carboxylic acids is 3. The Hall–Kier alpha value is -7.05. The summed E-state index contributed by atoms with van der Waals surface area (Å²) in [5.41, 5.74) is -1.78. The topological polar surface area (TPSA) is 203 Å². The molecule has 2 atom stereocenters. The highest BCUT2D eigenvalue weighted by molar-refractivity contribution is 5.95. The number of aliphatic hydroxyl groups excluding tert-OH is 1. The molecule has 2 amide bonds. The second-order valence-electron chi connectivity index (χ2n) is 17.9. The van der Waals surface area contributed by atoms with Crippen LogP contribution in [0.5, 0.6) is 11.5 Å². The maximum Gasteiger partial charge on any atom is 0.416 e. The Balaban J connectivity index is 0.800.